The number of hydrogen-bond acceptors (Lipinski definition) is 6. The van der Waals surface area contributed by atoms with Gasteiger partial charge in [0.15, 0.2) is 0 Å². The molecule has 1 saturated heterocycles. The summed E-state index contributed by atoms with van der Waals surface area (Å²) in [5.41, 5.74) is 7.04. The predicted molar refractivity (Wildman–Crippen MR) is 133 cm³/mol. The molecule has 0 aliphatic carbocycles. The summed E-state index contributed by atoms with van der Waals surface area (Å²) in [5, 5.41) is 10.8. The van der Waals surface area contributed by atoms with Gasteiger partial charge in [0.25, 0.3) is 0 Å². The summed E-state index contributed by atoms with van der Waals surface area (Å²) in [6, 6.07) is 31.6. The minimum Gasteiger partial charge on any atom is -0.390 e. The molecule has 1 aliphatic heterocycles. The highest BCUT2D eigenvalue weighted by Crippen LogP contribution is 2.41. The van der Waals surface area contributed by atoms with E-state index in [-0.39, 0.29) is 18.8 Å². The van der Waals surface area contributed by atoms with E-state index in [0.717, 1.165) is 16.7 Å². The maximum atomic E-state index is 12.3. The fourth-order valence-electron chi connectivity index (χ4n) is 4.66. The van der Waals surface area contributed by atoms with Crippen LogP contribution in [-0.4, -0.2) is 33.5 Å². The van der Waals surface area contributed by atoms with Gasteiger partial charge in [0.1, 0.15) is 23.8 Å². The van der Waals surface area contributed by atoms with Crippen molar-refractivity contribution < 1.29 is 14.6 Å². The number of hydrogen-bond donors (Lipinski definition) is 2. The minimum atomic E-state index is -0.926. The number of aliphatic hydroxyl groups is 1. The van der Waals surface area contributed by atoms with Crippen molar-refractivity contribution in [3.63, 3.8) is 0 Å². The van der Waals surface area contributed by atoms with Crippen LogP contribution in [0.25, 0.3) is 0 Å². The first-order valence-electron chi connectivity index (χ1n) is 11.6. The van der Waals surface area contributed by atoms with E-state index in [1.807, 2.05) is 91.0 Å². The summed E-state index contributed by atoms with van der Waals surface area (Å²) in [5.74, 6) is 0.142. The number of rotatable bonds is 7. The molecule has 1 aliphatic rings. The molecule has 7 heteroatoms. The van der Waals surface area contributed by atoms with Crippen LogP contribution >= 0.6 is 0 Å². The summed E-state index contributed by atoms with van der Waals surface area (Å²) in [4.78, 5) is 16.1. The number of ether oxygens (including phenoxy) is 2. The van der Waals surface area contributed by atoms with Gasteiger partial charge < -0.3 is 20.3 Å². The Morgan fingerprint density at radius 1 is 0.914 bits per heavy atom. The van der Waals surface area contributed by atoms with E-state index in [0.29, 0.717) is 0 Å². The molecular formula is C28H27N3O4. The van der Waals surface area contributed by atoms with Crippen molar-refractivity contribution in [2.24, 2.45) is 0 Å². The number of aromatic nitrogens is 2. The molecule has 0 bridgehead atoms. The van der Waals surface area contributed by atoms with E-state index >= 15 is 0 Å². The predicted octanol–water partition coefficient (Wildman–Crippen LogP) is 3.48. The van der Waals surface area contributed by atoms with Gasteiger partial charge in [-0.15, -0.1) is 0 Å². The Morgan fingerprint density at radius 2 is 1.43 bits per heavy atom. The van der Waals surface area contributed by atoms with Gasteiger partial charge in [0, 0.05) is 12.6 Å². The molecule has 0 radical (unpaired) electrons. The van der Waals surface area contributed by atoms with Crippen molar-refractivity contribution in [2.75, 3.05) is 12.3 Å². The molecule has 5 rings (SSSR count). The largest absolute Gasteiger partial charge is 0.390 e. The zero-order chi connectivity index (χ0) is 24.3. The lowest BCUT2D eigenvalue weighted by Gasteiger charge is -2.37. The number of nitrogens with two attached hydrogens (primary N) is 1. The van der Waals surface area contributed by atoms with Crippen LogP contribution in [0.15, 0.2) is 108 Å². The lowest BCUT2D eigenvalue weighted by molar-refractivity contribution is -0.0943. The summed E-state index contributed by atoms with van der Waals surface area (Å²) < 4.78 is 14.2. The number of nitrogens with zero attached hydrogens (tertiary/aromatic N) is 2. The Morgan fingerprint density at radius 3 is 1.91 bits per heavy atom. The molecule has 3 aromatic carbocycles. The Kier molecular flexibility index (Phi) is 6.46. The zero-order valence-corrected chi connectivity index (χ0v) is 19.1. The third kappa shape index (κ3) is 4.49. The van der Waals surface area contributed by atoms with Crippen molar-refractivity contribution >= 4 is 5.82 Å². The summed E-state index contributed by atoms with van der Waals surface area (Å²) in [6.07, 6.45) is -0.328. The quantitative estimate of drug-likeness (QED) is 0.402. The van der Waals surface area contributed by atoms with Gasteiger partial charge in [0.2, 0.25) is 0 Å². The SMILES string of the molecule is Nc1ccn([C@@H]2C[C@@H](O)[C@H](COC(c3ccccc3)(c3ccccc3)c3ccccc3)O2)c(=O)n1. The third-order valence-corrected chi connectivity index (χ3v) is 6.37. The molecule has 2 heterocycles. The normalized spacial score (nSPS) is 20.1. The van der Waals surface area contributed by atoms with Crippen LogP contribution in [0.5, 0.6) is 0 Å². The van der Waals surface area contributed by atoms with Crippen LogP contribution in [0.2, 0.25) is 0 Å². The highest BCUT2D eigenvalue weighted by atomic mass is 16.6. The molecule has 4 aromatic rings. The number of aliphatic hydroxyl groups excluding tert-OH is 1. The summed E-state index contributed by atoms with van der Waals surface area (Å²) in [7, 11) is 0. The Balaban J connectivity index is 1.50. The smallest absolute Gasteiger partial charge is 0.351 e. The molecule has 35 heavy (non-hydrogen) atoms. The molecule has 178 valence electrons. The van der Waals surface area contributed by atoms with Crippen LogP contribution in [-0.2, 0) is 15.1 Å². The molecule has 3 N–H and O–H groups in total. The van der Waals surface area contributed by atoms with E-state index in [1.165, 1.54) is 16.8 Å². The number of benzene rings is 3. The molecule has 7 nitrogen and oxygen atoms in total. The standard InChI is InChI=1S/C28H27N3O4/c29-25-16-17-31(27(33)30-25)26-18-23(32)24(35-26)19-34-28(20-10-4-1-5-11-20,21-12-6-2-7-13-21)22-14-8-3-9-15-22/h1-17,23-24,26,32H,18-19H2,(H2,29,30,33)/t23-,24+,26+/m1/s1. The maximum absolute atomic E-state index is 12.3. The molecule has 0 amide bonds. The van der Waals surface area contributed by atoms with E-state index < -0.39 is 29.7 Å². The van der Waals surface area contributed by atoms with Crippen LogP contribution in [0.4, 0.5) is 5.82 Å². The second-order valence-electron chi connectivity index (χ2n) is 8.56. The van der Waals surface area contributed by atoms with E-state index in [1.54, 1.807) is 0 Å². The fourth-order valence-corrected chi connectivity index (χ4v) is 4.66. The molecule has 0 spiro atoms. The average molecular weight is 470 g/mol. The minimum absolute atomic E-state index is 0.105. The monoisotopic (exact) mass is 469 g/mol. The van der Waals surface area contributed by atoms with E-state index in [2.05, 4.69) is 4.98 Å². The van der Waals surface area contributed by atoms with Gasteiger partial charge >= 0.3 is 5.69 Å². The first-order valence-corrected chi connectivity index (χ1v) is 11.6. The second-order valence-corrected chi connectivity index (χ2v) is 8.56. The van der Waals surface area contributed by atoms with Gasteiger partial charge in [0.05, 0.1) is 12.7 Å². The lowest BCUT2D eigenvalue weighted by atomic mass is 9.80. The van der Waals surface area contributed by atoms with Crippen molar-refractivity contribution in [3.05, 3.63) is 130 Å². The molecular weight excluding hydrogens is 442 g/mol. The fraction of sp³-hybridized carbons (Fsp3) is 0.214. The maximum Gasteiger partial charge on any atom is 0.351 e. The van der Waals surface area contributed by atoms with Crippen molar-refractivity contribution in [2.45, 2.75) is 30.5 Å². The van der Waals surface area contributed by atoms with Gasteiger partial charge in [-0.05, 0) is 22.8 Å². The van der Waals surface area contributed by atoms with E-state index in [4.69, 9.17) is 15.2 Å². The molecule has 3 atom stereocenters. The lowest BCUT2D eigenvalue weighted by Crippen LogP contribution is -2.38. The third-order valence-electron chi connectivity index (χ3n) is 6.37. The Hall–Kier alpha value is -3.78. The van der Waals surface area contributed by atoms with Gasteiger partial charge in [-0.25, -0.2) is 4.79 Å². The van der Waals surface area contributed by atoms with Crippen LogP contribution in [0.1, 0.15) is 29.3 Å². The first-order chi connectivity index (χ1) is 17.1. The summed E-state index contributed by atoms with van der Waals surface area (Å²) >= 11 is 0. The average Bonchev–Trinajstić information content (AvgIpc) is 3.26. The van der Waals surface area contributed by atoms with Gasteiger partial charge in [-0.1, -0.05) is 91.0 Å². The topological polar surface area (TPSA) is 99.6 Å². The number of nitrogen functional groups attached to an aromatic ring is 1. The second kappa shape index (κ2) is 9.84. The van der Waals surface area contributed by atoms with Crippen LogP contribution in [0.3, 0.4) is 0 Å². The molecule has 1 aromatic heterocycles. The Bertz CT molecular complexity index is 1220. The molecule has 0 saturated carbocycles. The summed E-state index contributed by atoms with van der Waals surface area (Å²) in [6.45, 7) is 0.105. The van der Waals surface area contributed by atoms with Crippen molar-refractivity contribution in [1.29, 1.82) is 0 Å². The van der Waals surface area contributed by atoms with Crippen LogP contribution < -0.4 is 11.4 Å². The number of anilines is 1. The Labute approximate surface area is 203 Å². The zero-order valence-electron chi connectivity index (χ0n) is 19.1. The van der Waals surface area contributed by atoms with Gasteiger partial charge in [-0.3, -0.25) is 4.57 Å². The highest BCUT2D eigenvalue weighted by Gasteiger charge is 2.41. The molecule has 1 fully saturated rings. The van der Waals surface area contributed by atoms with Crippen molar-refractivity contribution in [1.82, 2.24) is 9.55 Å². The first kappa shape index (κ1) is 23.0. The van der Waals surface area contributed by atoms with Gasteiger partial charge in [-0.2, -0.15) is 4.98 Å². The molecule has 0 unspecified atom stereocenters. The van der Waals surface area contributed by atoms with E-state index in [9.17, 15) is 9.90 Å². The van der Waals surface area contributed by atoms with Crippen LogP contribution in [0, 0.1) is 0 Å². The van der Waals surface area contributed by atoms with Crippen molar-refractivity contribution in [3.8, 4) is 0 Å². The highest BCUT2D eigenvalue weighted by molar-refractivity contribution is 5.47.